The monoisotopic (exact) mass is 389 g/mol. The normalized spacial score (nSPS) is 11.8. The molecule has 2 amide bonds. The number of rotatable bonds is 5. The SMILES string of the molecule is CCN(C(=O)c1cccc(C(=O)Nc2ccc3c(c2)OCO3)n1)c1ccccc1. The average Bonchev–Trinajstić information content (AvgIpc) is 3.23. The number of amides is 2. The number of carbonyl (C=O) groups is 2. The molecular formula is C22H19N3O4. The molecule has 0 unspecified atom stereocenters. The summed E-state index contributed by atoms with van der Waals surface area (Å²) in [5, 5.41) is 2.77. The molecule has 0 saturated carbocycles. The van der Waals surface area contributed by atoms with Gasteiger partial charge in [-0.25, -0.2) is 4.98 Å². The Balaban J connectivity index is 1.53. The summed E-state index contributed by atoms with van der Waals surface area (Å²) in [6, 6.07) is 19.3. The molecule has 146 valence electrons. The largest absolute Gasteiger partial charge is 0.454 e. The Morgan fingerprint density at radius 1 is 0.966 bits per heavy atom. The Hall–Kier alpha value is -3.87. The van der Waals surface area contributed by atoms with Crippen molar-refractivity contribution in [3.8, 4) is 11.5 Å². The number of ether oxygens (including phenoxy) is 2. The van der Waals surface area contributed by atoms with Gasteiger partial charge >= 0.3 is 0 Å². The molecule has 2 heterocycles. The molecule has 0 fully saturated rings. The Morgan fingerprint density at radius 3 is 2.52 bits per heavy atom. The first kappa shape index (κ1) is 18.5. The molecule has 0 bridgehead atoms. The van der Waals surface area contributed by atoms with Gasteiger partial charge in [-0.3, -0.25) is 9.59 Å². The van der Waals surface area contributed by atoms with Gasteiger partial charge in [-0.15, -0.1) is 0 Å². The highest BCUT2D eigenvalue weighted by Gasteiger charge is 2.20. The summed E-state index contributed by atoms with van der Waals surface area (Å²) in [5.41, 5.74) is 1.68. The number of aromatic nitrogens is 1. The maximum atomic E-state index is 12.9. The highest BCUT2D eigenvalue weighted by Crippen LogP contribution is 2.34. The molecular weight excluding hydrogens is 370 g/mol. The number of fused-ring (bicyclic) bond motifs is 1. The highest BCUT2D eigenvalue weighted by molar-refractivity contribution is 6.07. The third-order valence-electron chi connectivity index (χ3n) is 4.46. The van der Waals surface area contributed by atoms with Crippen LogP contribution in [0.25, 0.3) is 0 Å². The summed E-state index contributed by atoms with van der Waals surface area (Å²) >= 11 is 0. The smallest absolute Gasteiger partial charge is 0.276 e. The third-order valence-corrected chi connectivity index (χ3v) is 4.46. The number of benzene rings is 2. The predicted molar refractivity (Wildman–Crippen MR) is 109 cm³/mol. The molecule has 1 aliphatic rings. The molecule has 3 aromatic rings. The van der Waals surface area contributed by atoms with Crippen molar-refractivity contribution < 1.29 is 19.1 Å². The van der Waals surface area contributed by atoms with E-state index in [9.17, 15) is 9.59 Å². The fourth-order valence-electron chi connectivity index (χ4n) is 3.04. The number of nitrogens with one attached hydrogen (secondary N) is 1. The highest BCUT2D eigenvalue weighted by atomic mass is 16.7. The zero-order valence-electron chi connectivity index (χ0n) is 15.8. The van der Waals surface area contributed by atoms with Gasteiger partial charge in [0, 0.05) is 24.0 Å². The minimum Gasteiger partial charge on any atom is -0.454 e. The second-order valence-electron chi connectivity index (χ2n) is 6.32. The second-order valence-corrected chi connectivity index (χ2v) is 6.32. The standard InChI is InChI=1S/C22H19N3O4/c1-2-25(16-7-4-3-5-8-16)22(27)18-10-6-9-17(24-18)21(26)23-15-11-12-19-20(13-15)29-14-28-19/h3-13H,2,14H2,1H3,(H,23,26). The topological polar surface area (TPSA) is 80.8 Å². The van der Waals surface area contributed by atoms with E-state index in [-0.39, 0.29) is 24.1 Å². The van der Waals surface area contributed by atoms with Crippen LogP contribution >= 0.6 is 0 Å². The van der Waals surface area contributed by atoms with Crippen molar-refractivity contribution in [2.24, 2.45) is 0 Å². The van der Waals surface area contributed by atoms with Crippen molar-refractivity contribution in [1.29, 1.82) is 0 Å². The van der Waals surface area contributed by atoms with E-state index in [4.69, 9.17) is 9.47 Å². The zero-order chi connectivity index (χ0) is 20.2. The molecule has 1 aromatic heterocycles. The lowest BCUT2D eigenvalue weighted by Gasteiger charge is -2.20. The first-order valence-corrected chi connectivity index (χ1v) is 9.20. The van der Waals surface area contributed by atoms with Crippen molar-refractivity contribution >= 4 is 23.2 Å². The summed E-state index contributed by atoms with van der Waals surface area (Å²) in [6.07, 6.45) is 0. The van der Waals surface area contributed by atoms with Crippen LogP contribution < -0.4 is 19.7 Å². The lowest BCUT2D eigenvalue weighted by atomic mass is 10.2. The molecule has 0 radical (unpaired) electrons. The van der Waals surface area contributed by atoms with Crippen LogP contribution in [-0.4, -0.2) is 30.1 Å². The fourth-order valence-corrected chi connectivity index (χ4v) is 3.04. The molecule has 1 aliphatic heterocycles. The molecule has 29 heavy (non-hydrogen) atoms. The van der Waals surface area contributed by atoms with Crippen LogP contribution in [0.5, 0.6) is 11.5 Å². The van der Waals surface area contributed by atoms with Gasteiger partial charge in [-0.1, -0.05) is 24.3 Å². The average molecular weight is 389 g/mol. The summed E-state index contributed by atoms with van der Waals surface area (Å²) in [4.78, 5) is 31.5. The van der Waals surface area contributed by atoms with E-state index in [1.54, 1.807) is 41.3 Å². The lowest BCUT2D eigenvalue weighted by molar-refractivity contribution is 0.0983. The number of anilines is 2. The summed E-state index contributed by atoms with van der Waals surface area (Å²) in [6.45, 7) is 2.53. The van der Waals surface area contributed by atoms with Gasteiger partial charge in [-0.05, 0) is 43.3 Å². The Kier molecular flexibility index (Phi) is 5.11. The Morgan fingerprint density at radius 2 is 1.72 bits per heavy atom. The molecule has 7 heteroatoms. The van der Waals surface area contributed by atoms with E-state index >= 15 is 0 Å². The van der Waals surface area contributed by atoms with Crippen LogP contribution in [0.2, 0.25) is 0 Å². The number of nitrogens with zero attached hydrogens (tertiary/aromatic N) is 2. The molecule has 0 saturated heterocycles. The third kappa shape index (κ3) is 3.89. The van der Waals surface area contributed by atoms with Crippen LogP contribution in [0.1, 0.15) is 27.9 Å². The molecule has 2 aromatic carbocycles. The van der Waals surface area contributed by atoms with Crippen molar-refractivity contribution in [2.45, 2.75) is 6.92 Å². The number of para-hydroxylation sites is 1. The summed E-state index contributed by atoms with van der Waals surface area (Å²) < 4.78 is 10.6. The molecule has 0 aliphatic carbocycles. The molecule has 1 N–H and O–H groups in total. The van der Waals surface area contributed by atoms with E-state index in [0.717, 1.165) is 5.69 Å². The number of hydrogen-bond acceptors (Lipinski definition) is 5. The van der Waals surface area contributed by atoms with Gasteiger partial charge < -0.3 is 19.7 Å². The Bertz CT molecular complexity index is 1050. The van der Waals surface area contributed by atoms with Crippen molar-refractivity contribution in [3.63, 3.8) is 0 Å². The van der Waals surface area contributed by atoms with Crippen LogP contribution in [0.3, 0.4) is 0 Å². The minimum atomic E-state index is -0.415. The first-order valence-electron chi connectivity index (χ1n) is 9.20. The maximum absolute atomic E-state index is 12.9. The van der Waals surface area contributed by atoms with Crippen molar-refractivity contribution in [1.82, 2.24) is 4.98 Å². The fraction of sp³-hybridized carbons (Fsp3) is 0.136. The van der Waals surface area contributed by atoms with E-state index in [1.807, 2.05) is 37.3 Å². The molecule has 4 rings (SSSR count). The minimum absolute atomic E-state index is 0.151. The van der Waals surface area contributed by atoms with Gasteiger partial charge in [0.2, 0.25) is 6.79 Å². The van der Waals surface area contributed by atoms with Gasteiger partial charge in [0.1, 0.15) is 11.4 Å². The van der Waals surface area contributed by atoms with Crippen molar-refractivity contribution in [2.75, 3.05) is 23.6 Å². The number of carbonyl (C=O) groups excluding carboxylic acids is 2. The quantitative estimate of drug-likeness (QED) is 0.719. The summed E-state index contributed by atoms with van der Waals surface area (Å²) in [5.74, 6) is 0.521. The number of pyridine rings is 1. The van der Waals surface area contributed by atoms with E-state index in [1.165, 1.54) is 0 Å². The van der Waals surface area contributed by atoms with Gasteiger partial charge in [-0.2, -0.15) is 0 Å². The maximum Gasteiger partial charge on any atom is 0.276 e. The van der Waals surface area contributed by atoms with Crippen LogP contribution in [0, 0.1) is 0 Å². The number of hydrogen-bond donors (Lipinski definition) is 1. The molecule has 0 spiro atoms. The first-order chi connectivity index (χ1) is 14.2. The molecule has 0 atom stereocenters. The zero-order valence-corrected chi connectivity index (χ0v) is 15.8. The van der Waals surface area contributed by atoms with Crippen LogP contribution in [0.4, 0.5) is 11.4 Å². The second kappa shape index (κ2) is 8.02. The van der Waals surface area contributed by atoms with E-state index in [0.29, 0.717) is 23.7 Å². The predicted octanol–water partition coefficient (Wildman–Crippen LogP) is 3.73. The lowest BCUT2D eigenvalue weighted by Crippen LogP contribution is -2.31. The van der Waals surface area contributed by atoms with E-state index in [2.05, 4.69) is 10.3 Å². The van der Waals surface area contributed by atoms with Gasteiger partial charge in [0.05, 0.1) is 0 Å². The van der Waals surface area contributed by atoms with Crippen LogP contribution in [0.15, 0.2) is 66.7 Å². The van der Waals surface area contributed by atoms with Crippen LogP contribution in [-0.2, 0) is 0 Å². The van der Waals surface area contributed by atoms with E-state index < -0.39 is 5.91 Å². The van der Waals surface area contributed by atoms with Gasteiger partial charge in [0.15, 0.2) is 11.5 Å². The molecule has 7 nitrogen and oxygen atoms in total. The van der Waals surface area contributed by atoms with Crippen molar-refractivity contribution in [3.05, 3.63) is 78.1 Å². The van der Waals surface area contributed by atoms with Gasteiger partial charge in [0.25, 0.3) is 11.8 Å². The summed E-state index contributed by atoms with van der Waals surface area (Å²) in [7, 11) is 0. The Labute approximate surface area is 167 Å².